The fourth-order valence-electron chi connectivity index (χ4n) is 1.62. The lowest BCUT2D eigenvalue weighted by Gasteiger charge is -2.03. The number of rotatable bonds is 2. The Kier molecular flexibility index (Phi) is 2.02. The third kappa shape index (κ3) is 1.42. The molecule has 1 aliphatic rings. The molecule has 0 aromatic carbocycles. The van der Waals surface area contributed by atoms with E-state index in [4.69, 9.17) is 5.11 Å². The van der Waals surface area contributed by atoms with E-state index >= 15 is 0 Å². The fraction of sp³-hybridized carbons (Fsp3) is 0.500. The number of carboxylic acid groups (broad SMARTS) is 1. The van der Waals surface area contributed by atoms with Gasteiger partial charge in [-0.15, -0.1) is 0 Å². The molecule has 0 bridgehead atoms. The van der Waals surface area contributed by atoms with Gasteiger partial charge in [0.05, 0.1) is 6.20 Å². The van der Waals surface area contributed by atoms with Gasteiger partial charge in [0.1, 0.15) is 0 Å². The zero-order valence-electron chi connectivity index (χ0n) is 6.99. The van der Waals surface area contributed by atoms with E-state index < -0.39 is 5.97 Å². The van der Waals surface area contributed by atoms with Crippen LogP contribution in [0, 0.1) is 0 Å². The molecular weight excluding hydrogens is 172 g/mol. The number of carbonyl (C=O) groups is 1. The van der Waals surface area contributed by atoms with Gasteiger partial charge >= 0.3 is 5.97 Å². The Hall–Kier alpha value is -1.36. The van der Waals surface area contributed by atoms with E-state index in [2.05, 4.69) is 15.0 Å². The van der Waals surface area contributed by atoms with Crippen molar-refractivity contribution >= 4 is 5.97 Å². The summed E-state index contributed by atoms with van der Waals surface area (Å²) < 4.78 is 4.66. The average molecular weight is 182 g/mol. The summed E-state index contributed by atoms with van der Waals surface area (Å²) in [4.78, 5) is 10.7. The first-order valence-corrected chi connectivity index (χ1v) is 4.17. The van der Waals surface area contributed by atoms with E-state index in [0.717, 1.165) is 19.5 Å². The van der Waals surface area contributed by atoms with Gasteiger partial charge < -0.3 is 14.9 Å². The van der Waals surface area contributed by atoms with Crippen molar-refractivity contribution in [2.45, 2.75) is 12.3 Å². The average Bonchev–Trinajstić information content (AvgIpc) is 2.74. The Labute approximate surface area is 74.7 Å². The van der Waals surface area contributed by atoms with E-state index in [1.807, 2.05) is 0 Å². The Morgan fingerprint density at radius 2 is 2.62 bits per heavy atom. The maximum absolute atomic E-state index is 10.7. The molecule has 5 nitrogen and oxygen atoms in total. The molecule has 5 heteroatoms. The zero-order valence-corrected chi connectivity index (χ0v) is 6.99. The largest absolute Gasteiger partial charge is 0.475 e. The van der Waals surface area contributed by atoms with Crippen molar-refractivity contribution in [2.24, 2.45) is 0 Å². The van der Waals surface area contributed by atoms with Gasteiger partial charge in [0.25, 0.3) is 0 Å². The number of aromatic nitrogens is 1. The van der Waals surface area contributed by atoms with Gasteiger partial charge in [0.2, 0.25) is 5.76 Å². The molecule has 70 valence electrons. The van der Waals surface area contributed by atoms with Gasteiger partial charge in [-0.3, -0.25) is 0 Å². The summed E-state index contributed by atoms with van der Waals surface area (Å²) in [5.74, 6) is -0.828. The van der Waals surface area contributed by atoms with Crippen molar-refractivity contribution < 1.29 is 14.4 Å². The SMILES string of the molecule is O=C(O)c1oncc1C1CCNC1. The van der Waals surface area contributed by atoms with E-state index in [1.54, 1.807) is 0 Å². The van der Waals surface area contributed by atoms with E-state index in [1.165, 1.54) is 6.20 Å². The number of nitrogens with zero attached hydrogens (tertiary/aromatic N) is 1. The van der Waals surface area contributed by atoms with Crippen molar-refractivity contribution in [3.05, 3.63) is 17.5 Å². The Morgan fingerprint density at radius 1 is 1.77 bits per heavy atom. The Morgan fingerprint density at radius 3 is 3.23 bits per heavy atom. The van der Waals surface area contributed by atoms with Gasteiger partial charge in [-0.05, 0) is 13.0 Å². The van der Waals surface area contributed by atoms with Crippen LogP contribution in [-0.4, -0.2) is 29.3 Å². The molecule has 1 fully saturated rings. The smallest absolute Gasteiger partial charge is 0.375 e. The molecule has 1 atom stereocenters. The van der Waals surface area contributed by atoms with Crippen molar-refractivity contribution in [2.75, 3.05) is 13.1 Å². The molecule has 0 aliphatic carbocycles. The normalized spacial score (nSPS) is 22.0. The quantitative estimate of drug-likeness (QED) is 0.694. The minimum absolute atomic E-state index is 0.0197. The molecule has 1 unspecified atom stereocenters. The molecular formula is C8H10N2O3. The Balaban J connectivity index is 2.28. The van der Waals surface area contributed by atoms with Crippen LogP contribution in [0.15, 0.2) is 10.7 Å². The van der Waals surface area contributed by atoms with Crippen LogP contribution in [0.5, 0.6) is 0 Å². The predicted octanol–water partition coefficient (Wildman–Crippen LogP) is 0.450. The van der Waals surface area contributed by atoms with Crippen molar-refractivity contribution in [3.8, 4) is 0 Å². The lowest BCUT2D eigenvalue weighted by Crippen LogP contribution is -2.09. The summed E-state index contributed by atoms with van der Waals surface area (Å²) in [6, 6.07) is 0. The van der Waals surface area contributed by atoms with Gasteiger partial charge in [0, 0.05) is 18.0 Å². The Bertz CT molecular complexity index is 315. The van der Waals surface area contributed by atoms with E-state index in [-0.39, 0.29) is 11.7 Å². The number of nitrogens with one attached hydrogen (secondary N) is 1. The standard InChI is InChI=1S/C8H10N2O3/c11-8(12)7-6(4-10-13-7)5-1-2-9-3-5/h4-5,9H,1-3H2,(H,11,12). The van der Waals surface area contributed by atoms with Crippen LogP contribution in [-0.2, 0) is 0 Å². The highest BCUT2D eigenvalue weighted by molar-refractivity contribution is 5.86. The van der Waals surface area contributed by atoms with E-state index in [9.17, 15) is 4.79 Å². The van der Waals surface area contributed by atoms with Crippen LogP contribution < -0.4 is 5.32 Å². The highest BCUT2D eigenvalue weighted by Crippen LogP contribution is 2.25. The van der Waals surface area contributed by atoms with Gasteiger partial charge in [-0.2, -0.15) is 0 Å². The first-order chi connectivity index (χ1) is 6.29. The van der Waals surface area contributed by atoms with Crippen LogP contribution >= 0.6 is 0 Å². The molecule has 0 radical (unpaired) electrons. The second-order valence-corrected chi connectivity index (χ2v) is 3.11. The maximum atomic E-state index is 10.7. The van der Waals surface area contributed by atoms with E-state index in [0.29, 0.717) is 5.56 Å². The van der Waals surface area contributed by atoms with Crippen LogP contribution in [0.4, 0.5) is 0 Å². The summed E-state index contributed by atoms with van der Waals surface area (Å²) in [5, 5.41) is 15.4. The molecule has 2 N–H and O–H groups in total. The molecule has 1 aromatic heterocycles. The molecule has 2 heterocycles. The van der Waals surface area contributed by atoms with Crippen molar-refractivity contribution in [1.29, 1.82) is 0 Å². The second kappa shape index (κ2) is 3.18. The molecule has 0 saturated carbocycles. The summed E-state index contributed by atoms with van der Waals surface area (Å²) in [5.41, 5.74) is 0.706. The summed E-state index contributed by atoms with van der Waals surface area (Å²) in [6.45, 7) is 1.73. The first kappa shape index (κ1) is 8.25. The highest BCUT2D eigenvalue weighted by Gasteiger charge is 2.25. The third-order valence-corrected chi connectivity index (χ3v) is 2.29. The van der Waals surface area contributed by atoms with Crippen molar-refractivity contribution in [1.82, 2.24) is 10.5 Å². The van der Waals surface area contributed by atoms with Crippen LogP contribution in [0.2, 0.25) is 0 Å². The minimum atomic E-state index is -1.04. The molecule has 1 aromatic rings. The maximum Gasteiger partial charge on any atom is 0.375 e. The van der Waals surface area contributed by atoms with Gasteiger partial charge in [-0.25, -0.2) is 4.79 Å². The summed E-state index contributed by atoms with van der Waals surface area (Å²) >= 11 is 0. The van der Waals surface area contributed by atoms with Gasteiger partial charge in [-0.1, -0.05) is 5.16 Å². The monoisotopic (exact) mass is 182 g/mol. The lowest BCUT2D eigenvalue weighted by atomic mass is 9.99. The van der Waals surface area contributed by atoms with Crippen LogP contribution in [0.3, 0.4) is 0 Å². The number of carboxylic acids is 1. The molecule has 0 amide bonds. The summed E-state index contributed by atoms with van der Waals surface area (Å²) in [6.07, 6.45) is 2.45. The van der Waals surface area contributed by atoms with Gasteiger partial charge in [0.15, 0.2) is 0 Å². The third-order valence-electron chi connectivity index (χ3n) is 2.29. The topological polar surface area (TPSA) is 75.4 Å². The van der Waals surface area contributed by atoms with Crippen LogP contribution in [0.1, 0.15) is 28.5 Å². The predicted molar refractivity (Wildman–Crippen MR) is 43.7 cm³/mol. The minimum Gasteiger partial charge on any atom is -0.475 e. The molecule has 13 heavy (non-hydrogen) atoms. The first-order valence-electron chi connectivity index (χ1n) is 4.17. The lowest BCUT2D eigenvalue weighted by molar-refractivity contribution is 0.0649. The number of hydrogen-bond donors (Lipinski definition) is 2. The summed E-state index contributed by atoms with van der Waals surface area (Å²) in [7, 11) is 0. The fourth-order valence-corrected chi connectivity index (χ4v) is 1.62. The highest BCUT2D eigenvalue weighted by atomic mass is 16.5. The molecule has 1 aliphatic heterocycles. The van der Waals surface area contributed by atoms with Crippen LogP contribution in [0.25, 0.3) is 0 Å². The number of hydrogen-bond acceptors (Lipinski definition) is 4. The molecule has 0 spiro atoms. The zero-order chi connectivity index (χ0) is 9.26. The van der Waals surface area contributed by atoms with Crippen molar-refractivity contribution in [3.63, 3.8) is 0 Å². The second-order valence-electron chi connectivity index (χ2n) is 3.11. The molecule has 1 saturated heterocycles. The molecule has 2 rings (SSSR count). The number of aromatic carboxylic acids is 1.